The number of nitrogens with one attached hydrogen (secondary N) is 1. The van der Waals surface area contributed by atoms with Crippen molar-refractivity contribution in [3.8, 4) is 17.2 Å². The van der Waals surface area contributed by atoms with Crippen molar-refractivity contribution in [2.45, 2.75) is 37.9 Å². The number of carbonyl (C=O) groups excluding carboxylic acids is 1. The fourth-order valence-electron chi connectivity index (χ4n) is 4.27. The number of fused-ring (bicyclic) bond motifs is 1. The van der Waals surface area contributed by atoms with Crippen LogP contribution in [0.4, 0.5) is 5.69 Å². The van der Waals surface area contributed by atoms with E-state index in [1.54, 1.807) is 0 Å². The molecule has 3 N–H and O–H groups in total. The van der Waals surface area contributed by atoms with E-state index in [2.05, 4.69) is 16.3 Å². The van der Waals surface area contributed by atoms with E-state index in [1.165, 1.54) is 24.6 Å². The average molecular weight is 447 g/mol. The van der Waals surface area contributed by atoms with Crippen LogP contribution in [0, 0.1) is 0 Å². The minimum absolute atomic E-state index is 0.0250. The molecule has 2 aliphatic rings. The Bertz CT molecular complexity index is 932. The van der Waals surface area contributed by atoms with Gasteiger partial charge in [0.25, 0.3) is 0 Å². The number of para-hydroxylation sites is 1. The third-order valence-electron chi connectivity index (χ3n) is 5.84. The molecular weight excluding hydrogens is 420 g/mol. The second kappa shape index (κ2) is 8.94. The molecule has 1 amide bonds. The molecule has 8 heteroatoms. The zero-order chi connectivity index (χ0) is 22.0. The van der Waals surface area contributed by atoms with Gasteiger partial charge in [0, 0.05) is 51.9 Å². The number of halogens is 1. The van der Waals surface area contributed by atoms with Crippen molar-refractivity contribution in [2.24, 2.45) is 0 Å². The maximum atomic E-state index is 11.4. The van der Waals surface area contributed by atoms with Crippen molar-refractivity contribution in [3.63, 3.8) is 0 Å². The molecule has 1 spiro atoms. The number of aromatic hydroxyl groups is 1. The number of aliphatic hydroxyl groups excluding tert-OH is 1. The van der Waals surface area contributed by atoms with Gasteiger partial charge >= 0.3 is 0 Å². The van der Waals surface area contributed by atoms with Crippen molar-refractivity contribution in [1.82, 2.24) is 4.90 Å². The van der Waals surface area contributed by atoms with Crippen LogP contribution in [0.1, 0.15) is 25.3 Å². The molecule has 0 bridgehead atoms. The van der Waals surface area contributed by atoms with Crippen molar-refractivity contribution in [3.05, 3.63) is 47.0 Å². The summed E-state index contributed by atoms with van der Waals surface area (Å²) >= 11 is 5.92. The second-order valence-corrected chi connectivity index (χ2v) is 8.72. The summed E-state index contributed by atoms with van der Waals surface area (Å²) in [5, 5.41) is 23.1. The van der Waals surface area contributed by atoms with Crippen LogP contribution in [-0.4, -0.2) is 59.0 Å². The molecule has 2 aliphatic heterocycles. The molecular formula is C23H27ClN2O5. The number of benzene rings is 2. The number of piperidine rings is 1. The van der Waals surface area contributed by atoms with Crippen LogP contribution in [0.15, 0.2) is 36.4 Å². The van der Waals surface area contributed by atoms with Crippen LogP contribution < -0.4 is 14.8 Å². The number of nitrogens with zero attached hydrogens (tertiary/aromatic N) is 1. The van der Waals surface area contributed by atoms with Gasteiger partial charge in [-0.25, -0.2) is 0 Å². The Balaban J connectivity index is 1.28. The van der Waals surface area contributed by atoms with E-state index in [4.69, 9.17) is 21.1 Å². The van der Waals surface area contributed by atoms with Gasteiger partial charge in [0.05, 0.1) is 10.7 Å². The highest BCUT2D eigenvalue weighted by molar-refractivity contribution is 6.32. The van der Waals surface area contributed by atoms with Crippen molar-refractivity contribution in [1.29, 1.82) is 0 Å². The quantitative estimate of drug-likeness (QED) is 0.590. The highest BCUT2D eigenvalue weighted by Crippen LogP contribution is 2.41. The maximum absolute atomic E-state index is 11.4. The van der Waals surface area contributed by atoms with Gasteiger partial charge in [-0.05, 0) is 17.7 Å². The minimum Gasteiger partial charge on any atom is -0.506 e. The van der Waals surface area contributed by atoms with Gasteiger partial charge in [-0.2, -0.15) is 0 Å². The Labute approximate surface area is 186 Å². The number of aliphatic hydroxyl groups is 1. The van der Waals surface area contributed by atoms with Crippen LogP contribution in [-0.2, 0) is 11.2 Å². The Morgan fingerprint density at radius 3 is 2.77 bits per heavy atom. The third kappa shape index (κ3) is 5.06. The lowest BCUT2D eigenvalue weighted by atomic mass is 9.87. The number of hydrogen-bond acceptors (Lipinski definition) is 6. The highest BCUT2D eigenvalue weighted by atomic mass is 35.5. The molecule has 1 fully saturated rings. The van der Waals surface area contributed by atoms with Gasteiger partial charge in [0.15, 0.2) is 0 Å². The highest BCUT2D eigenvalue weighted by Gasteiger charge is 2.41. The number of phenolic OH excluding ortho intramolecular Hbond substituents is 1. The molecule has 1 saturated heterocycles. The van der Waals surface area contributed by atoms with Gasteiger partial charge < -0.3 is 29.9 Å². The summed E-state index contributed by atoms with van der Waals surface area (Å²) in [5.41, 5.74) is 1.49. The molecule has 2 aromatic carbocycles. The first-order valence-corrected chi connectivity index (χ1v) is 10.8. The molecule has 0 unspecified atom stereocenters. The Morgan fingerprint density at radius 2 is 2.06 bits per heavy atom. The van der Waals surface area contributed by atoms with E-state index in [-0.39, 0.29) is 34.6 Å². The lowest BCUT2D eigenvalue weighted by molar-refractivity contribution is -0.114. The number of anilines is 1. The zero-order valence-electron chi connectivity index (χ0n) is 17.4. The summed E-state index contributed by atoms with van der Waals surface area (Å²) in [5.74, 6) is 0.807. The van der Waals surface area contributed by atoms with Crippen molar-refractivity contribution >= 4 is 23.2 Å². The van der Waals surface area contributed by atoms with Gasteiger partial charge in [-0.15, -0.1) is 0 Å². The molecule has 31 heavy (non-hydrogen) atoms. The minimum atomic E-state index is -0.723. The molecule has 0 aromatic heterocycles. The van der Waals surface area contributed by atoms with Crippen LogP contribution in [0.2, 0.25) is 5.02 Å². The third-order valence-corrected chi connectivity index (χ3v) is 6.14. The molecule has 1 atom stereocenters. The summed E-state index contributed by atoms with van der Waals surface area (Å²) in [6.07, 6.45) is 2.04. The van der Waals surface area contributed by atoms with Gasteiger partial charge in [0.1, 0.15) is 35.6 Å². The molecule has 0 aliphatic carbocycles. The van der Waals surface area contributed by atoms with Crippen LogP contribution >= 0.6 is 11.6 Å². The fraction of sp³-hybridized carbons (Fsp3) is 0.435. The maximum Gasteiger partial charge on any atom is 0.221 e. The summed E-state index contributed by atoms with van der Waals surface area (Å²) in [4.78, 5) is 13.6. The molecule has 4 rings (SSSR count). The molecule has 166 valence electrons. The fourth-order valence-corrected chi connectivity index (χ4v) is 4.44. The van der Waals surface area contributed by atoms with E-state index in [0.29, 0.717) is 12.2 Å². The summed E-state index contributed by atoms with van der Waals surface area (Å²) in [7, 11) is 0. The number of ether oxygens (including phenoxy) is 2. The molecule has 0 radical (unpaired) electrons. The smallest absolute Gasteiger partial charge is 0.221 e. The first-order chi connectivity index (χ1) is 14.8. The zero-order valence-corrected chi connectivity index (χ0v) is 18.2. The lowest BCUT2D eigenvalue weighted by Gasteiger charge is -2.39. The number of β-amino-alcohol motifs (C(OH)–C–C–N with tert-alkyl or cyclic N) is 1. The Kier molecular flexibility index (Phi) is 6.27. The van der Waals surface area contributed by atoms with Crippen LogP contribution in [0.25, 0.3) is 0 Å². The predicted octanol–water partition coefficient (Wildman–Crippen LogP) is 3.21. The first-order valence-electron chi connectivity index (χ1n) is 10.4. The van der Waals surface area contributed by atoms with E-state index in [1.807, 2.05) is 18.2 Å². The molecule has 7 nitrogen and oxygen atoms in total. The molecule has 0 saturated carbocycles. The van der Waals surface area contributed by atoms with Gasteiger partial charge in [-0.1, -0.05) is 29.8 Å². The second-order valence-electron chi connectivity index (χ2n) is 8.32. The Morgan fingerprint density at radius 1 is 1.32 bits per heavy atom. The number of carbonyl (C=O) groups is 1. The normalized spacial score (nSPS) is 18.3. The van der Waals surface area contributed by atoms with E-state index >= 15 is 0 Å². The molecule has 2 heterocycles. The summed E-state index contributed by atoms with van der Waals surface area (Å²) in [6.45, 7) is 3.54. The number of likely N-dealkylation sites (tertiary alicyclic amines) is 1. The average Bonchev–Trinajstić information content (AvgIpc) is 3.09. The van der Waals surface area contributed by atoms with Gasteiger partial charge in [0.2, 0.25) is 5.91 Å². The van der Waals surface area contributed by atoms with Crippen LogP contribution in [0.3, 0.4) is 0 Å². The summed E-state index contributed by atoms with van der Waals surface area (Å²) < 4.78 is 12.0. The lowest BCUT2D eigenvalue weighted by Crippen LogP contribution is -2.49. The first kappa shape index (κ1) is 21.7. The van der Waals surface area contributed by atoms with Crippen LogP contribution in [0.5, 0.6) is 17.2 Å². The topological polar surface area (TPSA) is 91.3 Å². The van der Waals surface area contributed by atoms with E-state index in [0.717, 1.165) is 38.1 Å². The number of phenols is 1. The monoisotopic (exact) mass is 446 g/mol. The number of rotatable bonds is 6. The largest absolute Gasteiger partial charge is 0.506 e. The van der Waals surface area contributed by atoms with Gasteiger partial charge in [-0.3, -0.25) is 4.79 Å². The standard InChI is InChI=1S/C23H27ClN2O5/c1-15(27)25-19-10-18(24)20(29)11-22(19)30-14-17(28)13-26-8-6-23(7-9-26)12-16-4-2-3-5-21(16)31-23/h2-5,10-11,17,28-29H,6-9,12-14H2,1H3,(H,25,27)/t17-/m1/s1. The SMILES string of the molecule is CC(=O)Nc1cc(Cl)c(O)cc1OC[C@H](O)CN1CCC2(CC1)Cc1ccccc1O2. The number of amides is 1. The van der Waals surface area contributed by atoms with E-state index < -0.39 is 6.10 Å². The Hall–Kier alpha value is -2.48. The van der Waals surface area contributed by atoms with Crippen molar-refractivity contribution < 1.29 is 24.5 Å². The predicted molar refractivity (Wildman–Crippen MR) is 118 cm³/mol. The summed E-state index contributed by atoms with van der Waals surface area (Å²) in [6, 6.07) is 11.0. The van der Waals surface area contributed by atoms with Crippen molar-refractivity contribution in [2.75, 3.05) is 31.6 Å². The number of hydrogen-bond donors (Lipinski definition) is 3. The molecule has 2 aromatic rings. The van der Waals surface area contributed by atoms with E-state index in [9.17, 15) is 15.0 Å².